The van der Waals surface area contributed by atoms with Crippen molar-refractivity contribution in [1.82, 2.24) is 0 Å². The van der Waals surface area contributed by atoms with Gasteiger partial charge in [-0.1, -0.05) is 30.3 Å². The number of aliphatic hydroxyl groups excluding tert-OH is 1. The van der Waals surface area contributed by atoms with Crippen LogP contribution in [0.1, 0.15) is 23.2 Å². The lowest BCUT2D eigenvalue weighted by atomic mass is 10.1. The number of hydrogen-bond acceptors (Lipinski definition) is 3. The molecule has 0 radical (unpaired) electrons. The molecule has 0 saturated heterocycles. The fourth-order valence-corrected chi connectivity index (χ4v) is 1.72. The predicted molar refractivity (Wildman–Crippen MR) is 60.5 cm³/mol. The number of ether oxygens (including phenoxy) is 1. The lowest BCUT2D eigenvalue weighted by Crippen LogP contribution is -2.00. The number of benzene rings is 1. The molecule has 0 aliphatic heterocycles. The summed E-state index contributed by atoms with van der Waals surface area (Å²) in [6.45, 7) is 1.59. The highest BCUT2D eigenvalue weighted by molar-refractivity contribution is 5.34. The molecule has 4 heteroatoms. The largest absolute Gasteiger partial charge is 0.490 e. The number of hydrogen-bond donors (Lipinski definition) is 1. The molecule has 1 heterocycles. The van der Waals surface area contributed by atoms with E-state index in [2.05, 4.69) is 0 Å². The van der Waals surface area contributed by atoms with Gasteiger partial charge in [-0.25, -0.2) is 0 Å². The molecule has 1 aromatic carbocycles. The number of aryl methyl sites for hydroxylation is 1. The molecule has 2 aromatic rings. The molecule has 1 unspecified atom stereocenters. The van der Waals surface area contributed by atoms with E-state index in [4.69, 9.17) is 9.15 Å². The third kappa shape index (κ3) is 2.03. The number of rotatable bonds is 3. The van der Waals surface area contributed by atoms with Crippen LogP contribution in [0.2, 0.25) is 0 Å². The first kappa shape index (κ1) is 11.7. The Morgan fingerprint density at radius 3 is 2.47 bits per heavy atom. The topological polar surface area (TPSA) is 42.6 Å². The Kier molecular flexibility index (Phi) is 3.15. The summed E-state index contributed by atoms with van der Waals surface area (Å²) in [4.78, 5) is 0. The zero-order chi connectivity index (χ0) is 12.4. The molecule has 1 atom stereocenters. The molecule has 0 bridgehead atoms. The van der Waals surface area contributed by atoms with E-state index in [0.717, 1.165) is 0 Å². The van der Waals surface area contributed by atoms with Crippen LogP contribution in [0.15, 0.2) is 34.7 Å². The number of methoxy groups -OCH3 is 1. The Bertz CT molecular complexity index is 505. The molecule has 0 saturated carbocycles. The summed E-state index contributed by atoms with van der Waals surface area (Å²) in [6, 6.07) is 8.76. The van der Waals surface area contributed by atoms with Crippen molar-refractivity contribution in [1.29, 1.82) is 0 Å². The quantitative estimate of drug-likeness (QED) is 0.891. The smallest absolute Gasteiger partial charge is 0.209 e. The summed E-state index contributed by atoms with van der Waals surface area (Å²) in [5.74, 6) is -0.420. The van der Waals surface area contributed by atoms with Crippen molar-refractivity contribution in [3.8, 4) is 5.75 Å². The maximum atomic E-state index is 13.9. The predicted octanol–water partition coefficient (Wildman–Crippen LogP) is 2.82. The lowest BCUT2D eigenvalue weighted by molar-refractivity contribution is 0.181. The number of aliphatic hydroxyl groups is 1. The third-order valence-electron chi connectivity index (χ3n) is 2.57. The minimum Gasteiger partial charge on any atom is -0.490 e. The summed E-state index contributed by atoms with van der Waals surface area (Å²) >= 11 is 0. The van der Waals surface area contributed by atoms with Crippen molar-refractivity contribution in [3.63, 3.8) is 0 Å². The molecule has 0 fully saturated rings. The summed E-state index contributed by atoms with van der Waals surface area (Å²) in [7, 11) is 1.36. The zero-order valence-corrected chi connectivity index (χ0v) is 9.61. The highest BCUT2D eigenvalue weighted by Gasteiger charge is 2.25. The van der Waals surface area contributed by atoms with Crippen molar-refractivity contribution in [2.24, 2.45) is 0 Å². The van der Waals surface area contributed by atoms with Crippen LogP contribution in [0.25, 0.3) is 0 Å². The minimum absolute atomic E-state index is 0.0370. The molecule has 90 valence electrons. The normalized spacial score (nSPS) is 12.5. The van der Waals surface area contributed by atoms with E-state index in [1.807, 2.05) is 6.07 Å². The van der Waals surface area contributed by atoms with Gasteiger partial charge in [0.2, 0.25) is 5.82 Å². The van der Waals surface area contributed by atoms with Crippen LogP contribution in [0.3, 0.4) is 0 Å². The van der Waals surface area contributed by atoms with E-state index in [9.17, 15) is 9.50 Å². The van der Waals surface area contributed by atoms with Gasteiger partial charge in [0.05, 0.1) is 7.11 Å². The van der Waals surface area contributed by atoms with Gasteiger partial charge in [-0.2, -0.15) is 4.39 Å². The second kappa shape index (κ2) is 4.59. The van der Waals surface area contributed by atoms with E-state index in [-0.39, 0.29) is 11.5 Å². The summed E-state index contributed by atoms with van der Waals surface area (Å²) in [5.41, 5.74) is 0.572. The molecule has 0 aliphatic rings. The van der Waals surface area contributed by atoms with Crippen LogP contribution in [-0.2, 0) is 0 Å². The lowest BCUT2D eigenvalue weighted by Gasteiger charge is -2.07. The minimum atomic E-state index is -1.13. The standard InChI is InChI=1S/C13H13FO3/c1-8-12(16-2)10(14)13(17-8)11(15)9-6-4-3-5-7-9/h3-7,11,15H,1-2H3. The van der Waals surface area contributed by atoms with Gasteiger partial charge in [-0.15, -0.1) is 0 Å². The first-order valence-corrected chi connectivity index (χ1v) is 5.21. The Balaban J connectivity index is 2.41. The van der Waals surface area contributed by atoms with Crippen molar-refractivity contribution in [3.05, 3.63) is 53.2 Å². The fourth-order valence-electron chi connectivity index (χ4n) is 1.72. The second-order valence-corrected chi connectivity index (χ2v) is 3.68. The van der Waals surface area contributed by atoms with Crippen molar-refractivity contribution < 1.29 is 18.7 Å². The maximum absolute atomic E-state index is 13.9. The van der Waals surface area contributed by atoms with Crippen LogP contribution in [0, 0.1) is 12.7 Å². The van der Waals surface area contributed by atoms with Gasteiger partial charge in [0.25, 0.3) is 0 Å². The van der Waals surface area contributed by atoms with Gasteiger partial charge in [0.15, 0.2) is 11.5 Å². The first-order valence-electron chi connectivity index (χ1n) is 5.21. The summed E-state index contributed by atoms with van der Waals surface area (Å²) in [5, 5.41) is 10.0. The Morgan fingerprint density at radius 2 is 1.94 bits per heavy atom. The highest BCUT2D eigenvalue weighted by Crippen LogP contribution is 2.34. The zero-order valence-electron chi connectivity index (χ0n) is 9.61. The van der Waals surface area contributed by atoms with E-state index in [1.165, 1.54) is 7.11 Å². The molecule has 0 spiro atoms. The second-order valence-electron chi connectivity index (χ2n) is 3.68. The van der Waals surface area contributed by atoms with Crippen LogP contribution < -0.4 is 4.74 Å². The SMILES string of the molecule is COc1c(C)oc(C(O)c2ccccc2)c1F. The summed E-state index contributed by atoms with van der Waals surface area (Å²) < 4.78 is 23.9. The van der Waals surface area contributed by atoms with Crippen LogP contribution in [-0.4, -0.2) is 12.2 Å². The highest BCUT2D eigenvalue weighted by atomic mass is 19.1. The molecular weight excluding hydrogens is 223 g/mol. The monoisotopic (exact) mass is 236 g/mol. The van der Waals surface area contributed by atoms with Gasteiger partial charge in [-0.3, -0.25) is 0 Å². The van der Waals surface area contributed by atoms with Gasteiger partial charge < -0.3 is 14.3 Å². The number of furan rings is 1. The first-order chi connectivity index (χ1) is 8.15. The van der Waals surface area contributed by atoms with E-state index < -0.39 is 11.9 Å². The fraction of sp³-hybridized carbons (Fsp3) is 0.231. The van der Waals surface area contributed by atoms with E-state index in [1.54, 1.807) is 31.2 Å². The maximum Gasteiger partial charge on any atom is 0.209 e. The van der Waals surface area contributed by atoms with Crippen molar-refractivity contribution >= 4 is 0 Å². The van der Waals surface area contributed by atoms with E-state index >= 15 is 0 Å². The van der Waals surface area contributed by atoms with Gasteiger partial charge >= 0.3 is 0 Å². The number of halogens is 1. The van der Waals surface area contributed by atoms with Gasteiger partial charge in [0.1, 0.15) is 11.9 Å². The average molecular weight is 236 g/mol. The van der Waals surface area contributed by atoms with Crippen molar-refractivity contribution in [2.75, 3.05) is 7.11 Å². The summed E-state index contributed by atoms with van der Waals surface area (Å²) in [6.07, 6.45) is -1.13. The Morgan fingerprint density at radius 1 is 1.29 bits per heavy atom. The van der Waals surface area contributed by atoms with Gasteiger partial charge in [-0.05, 0) is 12.5 Å². The molecule has 2 rings (SSSR count). The molecule has 0 amide bonds. The molecule has 17 heavy (non-hydrogen) atoms. The molecule has 0 aliphatic carbocycles. The Labute approximate surface area is 98.5 Å². The average Bonchev–Trinajstić information content (AvgIpc) is 2.64. The van der Waals surface area contributed by atoms with Crippen LogP contribution in [0.5, 0.6) is 5.75 Å². The van der Waals surface area contributed by atoms with E-state index in [0.29, 0.717) is 11.3 Å². The Hall–Kier alpha value is -1.81. The molecule has 1 N–H and O–H groups in total. The molecular formula is C13H13FO3. The van der Waals surface area contributed by atoms with Crippen LogP contribution in [0.4, 0.5) is 4.39 Å². The third-order valence-corrected chi connectivity index (χ3v) is 2.57. The van der Waals surface area contributed by atoms with Crippen LogP contribution >= 0.6 is 0 Å². The van der Waals surface area contributed by atoms with Gasteiger partial charge in [0, 0.05) is 0 Å². The molecule has 1 aromatic heterocycles. The molecule has 3 nitrogen and oxygen atoms in total. The van der Waals surface area contributed by atoms with Crippen molar-refractivity contribution in [2.45, 2.75) is 13.0 Å².